The van der Waals surface area contributed by atoms with Gasteiger partial charge in [-0.1, -0.05) is 56.5 Å². The third kappa shape index (κ3) is 4.01. The van der Waals surface area contributed by atoms with Gasteiger partial charge in [-0.15, -0.1) is 0 Å². The number of hydrogen-bond donors (Lipinski definition) is 1. The number of nitrogens with one attached hydrogen (secondary N) is 1. The van der Waals surface area contributed by atoms with E-state index in [9.17, 15) is 0 Å². The van der Waals surface area contributed by atoms with E-state index in [2.05, 4.69) is 39.1 Å². The molecule has 1 N–H and O–H groups in total. The molecule has 0 radical (unpaired) electrons. The fraction of sp³-hybridized carbons (Fsp3) is 0.600. The Balaban J connectivity index is 2.66. The normalized spacial score (nSPS) is 14.9. The Morgan fingerprint density at radius 2 is 1.71 bits per heavy atom. The van der Waals surface area contributed by atoms with Crippen molar-refractivity contribution in [2.45, 2.75) is 52.6 Å². The molecule has 0 aromatic heterocycles. The predicted octanol–water partition coefficient (Wildman–Crippen LogP) is 4.82. The number of rotatable bonds is 6. The summed E-state index contributed by atoms with van der Waals surface area (Å²) in [6.07, 6.45) is 2.44. The van der Waals surface area contributed by atoms with Crippen LogP contribution >= 0.6 is 11.6 Å². The molecule has 2 heteroatoms. The van der Waals surface area contributed by atoms with E-state index in [-0.39, 0.29) is 0 Å². The molecule has 0 amide bonds. The van der Waals surface area contributed by atoms with Crippen molar-refractivity contribution < 1.29 is 0 Å². The molecule has 1 aromatic carbocycles. The number of halogens is 1. The molecule has 96 valence electrons. The van der Waals surface area contributed by atoms with Crippen LogP contribution in [-0.2, 0) is 0 Å². The SMILES string of the molecule is CCC(CC)C(C)NC(C)c1ccccc1Cl. The van der Waals surface area contributed by atoms with Crippen molar-refractivity contribution in [1.29, 1.82) is 0 Å². The van der Waals surface area contributed by atoms with Crippen LogP contribution < -0.4 is 5.32 Å². The van der Waals surface area contributed by atoms with Gasteiger partial charge < -0.3 is 5.32 Å². The fourth-order valence-electron chi connectivity index (χ4n) is 2.44. The lowest BCUT2D eigenvalue weighted by atomic mass is 9.94. The lowest BCUT2D eigenvalue weighted by Gasteiger charge is -2.27. The van der Waals surface area contributed by atoms with Crippen molar-refractivity contribution in [3.05, 3.63) is 34.9 Å². The minimum Gasteiger partial charge on any atom is -0.307 e. The highest BCUT2D eigenvalue weighted by molar-refractivity contribution is 6.31. The molecule has 0 aliphatic carbocycles. The highest BCUT2D eigenvalue weighted by Crippen LogP contribution is 2.24. The Morgan fingerprint density at radius 1 is 1.12 bits per heavy atom. The predicted molar refractivity (Wildman–Crippen MR) is 76.5 cm³/mol. The molecular formula is C15H24ClN. The summed E-state index contributed by atoms with van der Waals surface area (Å²) in [7, 11) is 0. The van der Waals surface area contributed by atoms with Gasteiger partial charge in [-0.05, 0) is 31.4 Å². The van der Waals surface area contributed by atoms with E-state index < -0.39 is 0 Å². The van der Waals surface area contributed by atoms with Gasteiger partial charge in [0.2, 0.25) is 0 Å². The molecule has 1 nitrogen and oxygen atoms in total. The molecule has 0 fully saturated rings. The van der Waals surface area contributed by atoms with E-state index in [1.54, 1.807) is 0 Å². The van der Waals surface area contributed by atoms with Crippen LogP contribution in [0.4, 0.5) is 0 Å². The Labute approximate surface area is 111 Å². The van der Waals surface area contributed by atoms with Crippen LogP contribution in [0, 0.1) is 5.92 Å². The lowest BCUT2D eigenvalue weighted by Crippen LogP contribution is -2.35. The molecule has 0 saturated heterocycles. The van der Waals surface area contributed by atoms with Gasteiger partial charge in [-0.25, -0.2) is 0 Å². The third-order valence-corrected chi connectivity index (χ3v) is 3.98. The fourth-order valence-corrected chi connectivity index (χ4v) is 2.74. The molecule has 0 aliphatic rings. The van der Waals surface area contributed by atoms with E-state index in [1.807, 2.05) is 18.2 Å². The summed E-state index contributed by atoms with van der Waals surface area (Å²) in [6.45, 7) is 8.96. The van der Waals surface area contributed by atoms with Gasteiger partial charge in [0.05, 0.1) is 0 Å². The second-order valence-electron chi connectivity index (χ2n) is 4.78. The first-order valence-corrected chi connectivity index (χ1v) is 6.98. The van der Waals surface area contributed by atoms with Crippen molar-refractivity contribution in [3.63, 3.8) is 0 Å². The summed E-state index contributed by atoms with van der Waals surface area (Å²) in [5.74, 6) is 0.736. The van der Waals surface area contributed by atoms with E-state index >= 15 is 0 Å². The maximum atomic E-state index is 6.21. The first-order valence-electron chi connectivity index (χ1n) is 6.60. The smallest absolute Gasteiger partial charge is 0.0453 e. The van der Waals surface area contributed by atoms with E-state index in [1.165, 1.54) is 18.4 Å². The zero-order valence-electron chi connectivity index (χ0n) is 11.3. The monoisotopic (exact) mass is 253 g/mol. The molecule has 1 aromatic rings. The average molecular weight is 254 g/mol. The van der Waals surface area contributed by atoms with Crippen molar-refractivity contribution in [2.75, 3.05) is 0 Å². The highest BCUT2D eigenvalue weighted by Gasteiger charge is 2.17. The zero-order valence-corrected chi connectivity index (χ0v) is 12.1. The quantitative estimate of drug-likeness (QED) is 0.767. The third-order valence-electron chi connectivity index (χ3n) is 3.64. The van der Waals surface area contributed by atoms with Crippen LogP contribution in [0.3, 0.4) is 0 Å². The van der Waals surface area contributed by atoms with Gasteiger partial charge in [0.1, 0.15) is 0 Å². The van der Waals surface area contributed by atoms with Crippen molar-refractivity contribution in [2.24, 2.45) is 5.92 Å². The van der Waals surface area contributed by atoms with Crippen LogP contribution in [0.1, 0.15) is 52.1 Å². The second kappa shape index (κ2) is 7.03. The van der Waals surface area contributed by atoms with Gasteiger partial charge >= 0.3 is 0 Å². The van der Waals surface area contributed by atoms with Crippen molar-refractivity contribution >= 4 is 11.6 Å². The average Bonchev–Trinajstić information content (AvgIpc) is 2.31. The maximum Gasteiger partial charge on any atom is 0.0453 e. The Hall–Kier alpha value is -0.530. The molecular weight excluding hydrogens is 230 g/mol. The zero-order chi connectivity index (χ0) is 12.8. The standard InChI is InChI=1S/C15H24ClN/c1-5-13(6-2)11(3)17-12(4)14-9-7-8-10-15(14)16/h7-13,17H,5-6H2,1-4H3. The molecule has 2 atom stereocenters. The maximum absolute atomic E-state index is 6.21. The molecule has 1 rings (SSSR count). The van der Waals surface area contributed by atoms with Crippen LogP contribution in [-0.4, -0.2) is 6.04 Å². The first kappa shape index (κ1) is 14.5. The highest BCUT2D eigenvalue weighted by atomic mass is 35.5. The second-order valence-corrected chi connectivity index (χ2v) is 5.18. The minimum atomic E-state index is 0.305. The number of hydrogen-bond acceptors (Lipinski definition) is 1. The van der Waals surface area contributed by atoms with E-state index in [0.29, 0.717) is 12.1 Å². The van der Waals surface area contributed by atoms with Crippen LogP contribution in [0.5, 0.6) is 0 Å². The Morgan fingerprint density at radius 3 is 2.24 bits per heavy atom. The van der Waals surface area contributed by atoms with Crippen molar-refractivity contribution in [3.8, 4) is 0 Å². The summed E-state index contributed by atoms with van der Waals surface area (Å²) in [6, 6.07) is 8.90. The van der Waals surface area contributed by atoms with Gasteiger partial charge in [0.25, 0.3) is 0 Å². The topological polar surface area (TPSA) is 12.0 Å². The minimum absolute atomic E-state index is 0.305. The molecule has 0 heterocycles. The summed E-state index contributed by atoms with van der Waals surface area (Å²) >= 11 is 6.21. The molecule has 17 heavy (non-hydrogen) atoms. The summed E-state index contributed by atoms with van der Waals surface area (Å²) < 4.78 is 0. The summed E-state index contributed by atoms with van der Waals surface area (Å²) in [5.41, 5.74) is 1.19. The lowest BCUT2D eigenvalue weighted by molar-refractivity contribution is 0.330. The van der Waals surface area contributed by atoms with Gasteiger partial charge in [-0.3, -0.25) is 0 Å². The molecule has 0 aliphatic heterocycles. The van der Waals surface area contributed by atoms with Gasteiger partial charge in [0.15, 0.2) is 0 Å². The number of benzene rings is 1. The first-order chi connectivity index (χ1) is 8.10. The van der Waals surface area contributed by atoms with Gasteiger partial charge in [-0.2, -0.15) is 0 Å². The summed E-state index contributed by atoms with van der Waals surface area (Å²) in [4.78, 5) is 0. The Bertz CT molecular complexity index is 333. The van der Waals surface area contributed by atoms with Crippen LogP contribution in [0.15, 0.2) is 24.3 Å². The largest absolute Gasteiger partial charge is 0.307 e. The van der Waals surface area contributed by atoms with Crippen LogP contribution in [0.2, 0.25) is 5.02 Å². The molecule has 0 spiro atoms. The molecule has 0 bridgehead atoms. The van der Waals surface area contributed by atoms with E-state index in [4.69, 9.17) is 11.6 Å². The van der Waals surface area contributed by atoms with Gasteiger partial charge in [0, 0.05) is 17.1 Å². The molecule has 0 saturated carbocycles. The van der Waals surface area contributed by atoms with Crippen molar-refractivity contribution in [1.82, 2.24) is 5.32 Å². The van der Waals surface area contributed by atoms with Crippen LogP contribution in [0.25, 0.3) is 0 Å². The Kier molecular flexibility index (Phi) is 6.01. The molecule has 2 unspecified atom stereocenters. The summed E-state index contributed by atoms with van der Waals surface area (Å²) in [5, 5.41) is 4.51. The van der Waals surface area contributed by atoms with E-state index in [0.717, 1.165) is 10.9 Å².